The summed E-state index contributed by atoms with van der Waals surface area (Å²) in [5, 5.41) is -0.572. The number of nitrogens with two attached hydrogens (primary N) is 2. The van der Waals surface area contributed by atoms with E-state index in [9.17, 15) is 18.0 Å². The Balaban J connectivity index is 2.20. The van der Waals surface area contributed by atoms with Gasteiger partial charge in [0, 0.05) is 11.3 Å². The maximum Gasteiger partial charge on any atom is 0.416 e. The molecule has 0 aliphatic heterocycles. The van der Waals surface area contributed by atoms with Crippen LogP contribution >= 0.6 is 11.9 Å². The van der Waals surface area contributed by atoms with E-state index in [0.29, 0.717) is 16.8 Å². The monoisotopic (exact) mass is 399 g/mol. The average molecular weight is 399 g/mol. The van der Waals surface area contributed by atoms with Gasteiger partial charge in [0.15, 0.2) is 0 Å². The van der Waals surface area contributed by atoms with Gasteiger partial charge >= 0.3 is 12.1 Å². The van der Waals surface area contributed by atoms with Gasteiger partial charge in [0.05, 0.1) is 30.5 Å². The van der Waals surface area contributed by atoms with Crippen LogP contribution in [0.4, 0.5) is 18.9 Å². The van der Waals surface area contributed by atoms with Crippen molar-refractivity contribution in [2.45, 2.75) is 24.0 Å². The van der Waals surface area contributed by atoms with E-state index in [2.05, 4.69) is 9.46 Å². The first-order valence-corrected chi connectivity index (χ1v) is 8.85. The Hall–Kier alpha value is -2.23. The normalized spacial score (nSPS) is 13.8. The van der Waals surface area contributed by atoms with Crippen molar-refractivity contribution in [3.63, 3.8) is 0 Å². The number of ether oxygens (including phenoxy) is 1. The Morgan fingerprint density at radius 2 is 1.93 bits per heavy atom. The van der Waals surface area contributed by atoms with Gasteiger partial charge in [0.1, 0.15) is 0 Å². The number of halogens is 3. The molecule has 9 heteroatoms. The number of rotatable bonds is 7. The summed E-state index contributed by atoms with van der Waals surface area (Å²) in [6, 6.07) is 11.1. The Bertz CT molecular complexity index is 786. The zero-order chi connectivity index (χ0) is 20.0. The molecule has 5 N–H and O–H groups in total. The Kier molecular flexibility index (Phi) is 7.11. The van der Waals surface area contributed by atoms with Gasteiger partial charge in [0.2, 0.25) is 0 Å². The summed E-state index contributed by atoms with van der Waals surface area (Å²) in [5.41, 5.74) is 12.7. The van der Waals surface area contributed by atoms with Crippen LogP contribution < -0.4 is 16.2 Å². The summed E-state index contributed by atoms with van der Waals surface area (Å²) in [7, 11) is 1.22. The highest BCUT2D eigenvalue weighted by Crippen LogP contribution is 2.33. The van der Waals surface area contributed by atoms with Crippen LogP contribution in [-0.4, -0.2) is 13.1 Å². The molecule has 0 amide bonds. The van der Waals surface area contributed by atoms with Crippen molar-refractivity contribution in [1.29, 1.82) is 0 Å². The fourth-order valence-electron chi connectivity index (χ4n) is 2.40. The zero-order valence-corrected chi connectivity index (χ0v) is 15.3. The standard InChI is InChI=1S/C18H20F3N3O2S/c1-26-16(25)10-15(11-5-4-6-12(9-11)18(19,20)21)24-27-17(23)13-7-2-3-8-14(13)22/h2-9,15,17,24H,10,22-23H2,1H3. The Morgan fingerprint density at radius 3 is 2.56 bits per heavy atom. The van der Waals surface area contributed by atoms with Crippen molar-refractivity contribution < 1.29 is 22.7 Å². The molecule has 5 nitrogen and oxygen atoms in total. The number of nitrogens with one attached hydrogen (secondary N) is 1. The van der Waals surface area contributed by atoms with Crippen LogP contribution in [0.2, 0.25) is 0 Å². The lowest BCUT2D eigenvalue weighted by molar-refractivity contribution is -0.141. The second-order valence-electron chi connectivity index (χ2n) is 5.74. The van der Waals surface area contributed by atoms with Crippen LogP contribution in [-0.2, 0) is 15.7 Å². The summed E-state index contributed by atoms with van der Waals surface area (Å²) in [6.07, 6.45) is -4.63. The molecule has 2 aromatic carbocycles. The molecular formula is C18H20F3N3O2S. The number of benzene rings is 2. The lowest BCUT2D eigenvalue weighted by atomic mass is 10.0. The van der Waals surface area contributed by atoms with Crippen LogP contribution in [0.25, 0.3) is 0 Å². The van der Waals surface area contributed by atoms with Crippen molar-refractivity contribution in [3.8, 4) is 0 Å². The molecule has 27 heavy (non-hydrogen) atoms. The number of nitrogen functional groups attached to an aromatic ring is 1. The third kappa shape index (κ3) is 5.88. The fraction of sp³-hybridized carbons (Fsp3) is 0.278. The molecule has 0 saturated carbocycles. The summed E-state index contributed by atoms with van der Waals surface area (Å²) in [5.74, 6) is -0.557. The molecule has 146 valence electrons. The van der Waals surface area contributed by atoms with Crippen molar-refractivity contribution in [2.75, 3.05) is 12.8 Å². The Labute approximate surface area is 159 Å². The molecule has 0 aromatic heterocycles. The highest BCUT2D eigenvalue weighted by atomic mass is 32.2. The number of esters is 1. The van der Waals surface area contributed by atoms with Gasteiger partial charge in [-0.3, -0.25) is 9.52 Å². The number of para-hydroxylation sites is 1. The quantitative estimate of drug-likeness (QED) is 0.284. The van der Waals surface area contributed by atoms with E-state index in [1.165, 1.54) is 19.2 Å². The van der Waals surface area contributed by atoms with Gasteiger partial charge in [-0.15, -0.1) is 0 Å². The maximum atomic E-state index is 13.0. The molecular weight excluding hydrogens is 379 g/mol. The first-order valence-electron chi connectivity index (χ1n) is 7.97. The predicted molar refractivity (Wildman–Crippen MR) is 99.3 cm³/mol. The van der Waals surface area contributed by atoms with Crippen molar-refractivity contribution in [1.82, 2.24) is 4.72 Å². The Morgan fingerprint density at radius 1 is 1.22 bits per heavy atom. The maximum absolute atomic E-state index is 13.0. The molecule has 0 radical (unpaired) electrons. The molecule has 0 aliphatic rings. The van der Waals surface area contributed by atoms with Crippen LogP contribution in [0.15, 0.2) is 48.5 Å². The number of hydrogen-bond donors (Lipinski definition) is 3. The molecule has 0 aliphatic carbocycles. The summed E-state index contributed by atoms with van der Waals surface area (Å²) in [6.45, 7) is 0. The molecule has 2 unspecified atom stereocenters. The third-order valence-electron chi connectivity index (χ3n) is 3.85. The van der Waals surface area contributed by atoms with E-state index in [1.54, 1.807) is 24.3 Å². The highest BCUT2D eigenvalue weighted by molar-refractivity contribution is 7.97. The highest BCUT2D eigenvalue weighted by Gasteiger charge is 2.31. The van der Waals surface area contributed by atoms with Crippen molar-refractivity contribution in [3.05, 3.63) is 65.2 Å². The number of methoxy groups -OCH3 is 1. The van der Waals surface area contributed by atoms with Crippen LogP contribution in [0.3, 0.4) is 0 Å². The van der Waals surface area contributed by atoms with Gasteiger partial charge in [0.25, 0.3) is 0 Å². The smallest absolute Gasteiger partial charge is 0.416 e. The molecule has 2 rings (SSSR count). The molecule has 2 aromatic rings. The molecule has 0 spiro atoms. The third-order valence-corrected chi connectivity index (χ3v) is 4.78. The van der Waals surface area contributed by atoms with Crippen LogP contribution in [0, 0.1) is 0 Å². The average Bonchev–Trinajstić information content (AvgIpc) is 2.64. The van der Waals surface area contributed by atoms with Gasteiger partial charge in [-0.2, -0.15) is 13.2 Å². The number of carbonyl (C=O) groups excluding carboxylic acids is 1. The first-order chi connectivity index (χ1) is 12.7. The SMILES string of the molecule is COC(=O)CC(NSC(N)c1ccccc1N)c1cccc(C(F)(F)F)c1. The number of carbonyl (C=O) groups is 1. The predicted octanol–water partition coefficient (Wildman–Crippen LogP) is 3.79. The molecule has 0 saturated heterocycles. The minimum Gasteiger partial charge on any atom is -0.469 e. The molecule has 2 atom stereocenters. The largest absolute Gasteiger partial charge is 0.469 e. The number of alkyl halides is 3. The topological polar surface area (TPSA) is 90.4 Å². The lowest BCUT2D eigenvalue weighted by Crippen LogP contribution is -2.23. The number of hydrogen-bond acceptors (Lipinski definition) is 6. The van der Waals surface area contributed by atoms with Gasteiger partial charge in [-0.05, 0) is 23.8 Å². The van der Waals surface area contributed by atoms with E-state index in [1.807, 2.05) is 0 Å². The van der Waals surface area contributed by atoms with Crippen LogP contribution in [0.5, 0.6) is 0 Å². The summed E-state index contributed by atoms with van der Waals surface area (Å²) >= 11 is 1.07. The van der Waals surface area contributed by atoms with Gasteiger partial charge in [-0.1, -0.05) is 42.3 Å². The lowest BCUT2D eigenvalue weighted by Gasteiger charge is -2.22. The van der Waals surface area contributed by atoms with E-state index in [4.69, 9.17) is 11.5 Å². The van der Waals surface area contributed by atoms with Gasteiger partial charge in [-0.25, -0.2) is 0 Å². The summed E-state index contributed by atoms with van der Waals surface area (Å²) < 4.78 is 46.6. The summed E-state index contributed by atoms with van der Waals surface area (Å²) in [4.78, 5) is 11.7. The van der Waals surface area contributed by atoms with Crippen LogP contribution in [0.1, 0.15) is 34.5 Å². The second kappa shape index (κ2) is 9.12. The second-order valence-corrected chi connectivity index (χ2v) is 6.72. The number of anilines is 1. The van der Waals surface area contributed by atoms with Crippen molar-refractivity contribution >= 4 is 23.6 Å². The molecule has 0 bridgehead atoms. The molecule has 0 fully saturated rings. The van der Waals surface area contributed by atoms with E-state index >= 15 is 0 Å². The minimum absolute atomic E-state index is 0.151. The van der Waals surface area contributed by atoms with Crippen molar-refractivity contribution in [2.24, 2.45) is 5.73 Å². The van der Waals surface area contributed by atoms with E-state index in [-0.39, 0.29) is 6.42 Å². The zero-order valence-electron chi connectivity index (χ0n) is 14.5. The first kappa shape index (κ1) is 21.1. The van der Waals surface area contributed by atoms with E-state index < -0.39 is 29.1 Å². The minimum atomic E-state index is -4.48. The van der Waals surface area contributed by atoms with E-state index in [0.717, 1.165) is 24.1 Å². The van der Waals surface area contributed by atoms with Gasteiger partial charge < -0.3 is 16.2 Å². The molecule has 0 heterocycles. The fourth-order valence-corrected chi connectivity index (χ4v) is 3.27.